The predicted molar refractivity (Wildman–Crippen MR) is 81.8 cm³/mol. The normalized spacial score (nSPS) is 10.9. The lowest BCUT2D eigenvalue weighted by atomic mass is 10.2. The number of esters is 1. The van der Waals surface area contributed by atoms with Crippen molar-refractivity contribution in [2.24, 2.45) is 5.10 Å². The summed E-state index contributed by atoms with van der Waals surface area (Å²) in [5.74, 6) is -10.8. The van der Waals surface area contributed by atoms with Gasteiger partial charge < -0.3 is 9.47 Å². The minimum atomic E-state index is -2.26. The van der Waals surface area contributed by atoms with Crippen molar-refractivity contribution in [2.45, 2.75) is 6.92 Å². The lowest BCUT2D eigenvalue weighted by Gasteiger charge is -2.09. The van der Waals surface area contributed by atoms with Crippen LogP contribution in [0.15, 0.2) is 23.3 Å². The Labute approximate surface area is 144 Å². The van der Waals surface area contributed by atoms with Gasteiger partial charge in [0.15, 0.2) is 34.8 Å². The fraction of sp³-hybridized carbons (Fsp3) is 0.125. The van der Waals surface area contributed by atoms with Gasteiger partial charge in [0.05, 0.1) is 13.3 Å². The van der Waals surface area contributed by atoms with Gasteiger partial charge >= 0.3 is 5.97 Å². The third kappa shape index (κ3) is 3.90. The van der Waals surface area contributed by atoms with Gasteiger partial charge in [-0.15, -0.1) is 0 Å². The molecule has 0 fully saturated rings. The van der Waals surface area contributed by atoms with Crippen molar-refractivity contribution >= 4 is 17.9 Å². The van der Waals surface area contributed by atoms with Crippen molar-refractivity contribution < 1.29 is 36.2 Å². The smallest absolute Gasteiger partial charge is 0.308 e. The van der Waals surface area contributed by atoms with Crippen molar-refractivity contribution in [3.8, 4) is 11.5 Å². The van der Waals surface area contributed by atoms with Crippen LogP contribution in [0.3, 0.4) is 0 Å². The van der Waals surface area contributed by atoms with Gasteiger partial charge in [0, 0.05) is 6.92 Å². The number of benzene rings is 2. The SMILES string of the molecule is COc1cc(/C=N\Nc2c(F)c(F)c(F)c(F)c2F)ccc1OC(C)=O. The molecule has 0 aromatic heterocycles. The summed E-state index contributed by atoms with van der Waals surface area (Å²) in [5, 5.41) is 3.44. The van der Waals surface area contributed by atoms with Crippen molar-refractivity contribution in [3.63, 3.8) is 0 Å². The van der Waals surface area contributed by atoms with Crippen LogP contribution in [0.4, 0.5) is 27.6 Å². The number of nitrogens with zero attached hydrogens (tertiary/aromatic N) is 1. The van der Waals surface area contributed by atoms with Crippen LogP contribution in [0, 0.1) is 29.1 Å². The maximum absolute atomic E-state index is 13.5. The van der Waals surface area contributed by atoms with E-state index in [0.29, 0.717) is 5.56 Å². The van der Waals surface area contributed by atoms with Gasteiger partial charge in [-0.25, -0.2) is 22.0 Å². The number of hydrazone groups is 1. The Bertz CT molecular complexity index is 858. The second-order valence-electron chi connectivity index (χ2n) is 4.82. The van der Waals surface area contributed by atoms with Gasteiger partial charge in [0.25, 0.3) is 0 Å². The van der Waals surface area contributed by atoms with Crippen LogP contribution in [0.5, 0.6) is 11.5 Å². The number of methoxy groups -OCH3 is 1. The first-order valence-corrected chi connectivity index (χ1v) is 6.93. The summed E-state index contributed by atoms with van der Waals surface area (Å²) in [6, 6.07) is 4.17. The number of anilines is 1. The first-order valence-electron chi connectivity index (χ1n) is 6.93. The molecule has 0 amide bonds. The molecule has 2 rings (SSSR count). The molecule has 0 heterocycles. The number of carbonyl (C=O) groups excluding carboxylic acids is 1. The highest BCUT2D eigenvalue weighted by Gasteiger charge is 2.25. The molecule has 2 aromatic carbocycles. The molecule has 0 saturated carbocycles. The molecule has 0 atom stereocenters. The van der Waals surface area contributed by atoms with Crippen LogP contribution in [0.2, 0.25) is 0 Å². The van der Waals surface area contributed by atoms with Crippen LogP contribution >= 0.6 is 0 Å². The van der Waals surface area contributed by atoms with Gasteiger partial charge in [-0.3, -0.25) is 10.2 Å². The van der Waals surface area contributed by atoms with Crippen LogP contribution < -0.4 is 14.9 Å². The third-order valence-corrected chi connectivity index (χ3v) is 3.04. The highest BCUT2D eigenvalue weighted by Crippen LogP contribution is 2.28. The van der Waals surface area contributed by atoms with Crippen LogP contribution in [-0.2, 0) is 4.79 Å². The summed E-state index contributed by atoms with van der Waals surface area (Å²) in [5.41, 5.74) is 0.807. The fourth-order valence-electron chi connectivity index (χ4n) is 1.88. The summed E-state index contributed by atoms with van der Waals surface area (Å²) in [4.78, 5) is 11.0. The molecular weight excluding hydrogens is 363 g/mol. The Balaban J connectivity index is 2.26. The zero-order valence-corrected chi connectivity index (χ0v) is 13.4. The van der Waals surface area contributed by atoms with Gasteiger partial charge in [-0.1, -0.05) is 0 Å². The zero-order chi connectivity index (χ0) is 19.4. The molecule has 0 bridgehead atoms. The van der Waals surface area contributed by atoms with Gasteiger partial charge in [-0.05, 0) is 23.8 Å². The Morgan fingerprint density at radius 1 is 1.00 bits per heavy atom. The van der Waals surface area contributed by atoms with Crippen molar-refractivity contribution in [1.29, 1.82) is 0 Å². The predicted octanol–water partition coefficient (Wildman–Crippen LogP) is 3.76. The minimum Gasteiger partial charge on any atom is -0.493 e. The first kappa shape index (κ1) is 19.2. The maximum Gasteiger partial charge on any atom is 0.308 e. The van der Waals surface area contributed by atoms with Gasteiger partial charge in [-0.2, -0.15) is 5.10 Å². The molecule has 0 aliphatic heterocycles. The molecular formula is C16H11F5N2O3. The number of hydrogen-bond donors (Lipinski definition) is 1. The Kier molecular flexibility index (Phi) is 5.75. The van der Waals surface area contributed by atoms with Crippen molar-refractivity contribution in [3.05, 3.63) is 52.8 Å². The quantitative estimate of drug-likeness (QED) is 0.165. The molecule has 138 valence electrons. The molecule has 0 saturated heterocycles. The highest BCUT2D eigenvalue weighted by atomic mass is 19.2. The largest absolute Gasteiger partial charge is 0.493 e. The van der Waals surface area contributed by atoms with Crippen molar-refractivity contribution in [2.75, 3.05) is 12.5 Å². The second-order valence-corrected chi connectivity index (χ2v) is 4.82. The molecule has 0 unspecified atom stereocenters. The van der Waals surface area contributed by atoms with Crippen LogP contribution in [-0.4, -0.2) is 19.3 Å². The number of halogens is 5. The lowest BCUT2D eigenvalue weighted by molar-refractivity contribution is -0.132. The van der Waals surface area contributed by atoms with E-state index in [4.69, 9.17) is 9.47 Å². The van der Waals surface area contributed by atoms with E-state index in [0.717, 1.165) is 6.21 Å². The summed E-state index contributed by atoms with van der Waals surface area (Å²) >= 11 is 0. The highest BCUT2D eigenvalue weighted by molar-refractivity contribution is 5.82. The standard InChI is InChI=1S/C16H11F5N2O3/c1-7(24)26-9-4-3-8(5-10(9)25-2)6-22-23-16-14(20)12(18)11(17)13(19)15(16)21/h3-6,23H,1-2H3/b22-6-. The molecule has 0 spiro atoms. The lowest BCUT2D eigenvalue weighted by Crippen LogP contribution is -2.06. The van der Waals surface area contributed by atoms with E-state index in [1.165, 1.54) is 32.2 Å². The van der Waals surface area contributed by atoms with Crippen LogP contribution in [0.1, 0.15) is 12.5 Å². The number of nitrogens with one attached hydrogen (secondary N) is 1. The fourth-order valence-corrected chi connectivity index (χ4v) is 1.88. The average molecular weight is 374 g/mol. The molecule has 1 N–H and O–H groups in total. The average Bonchev–Trinajstić information content (AvgIpc) is 2.61. The first-order chi connectivity index (χ1) is 12.3. The topological polar surface area (TPSA) is 59.9 Å². The van der Waals surface area contributed by atoms with Crippen molar-refractivity contribution in [1.82, 2.24) is 0 Å². The van der Waals surface area contributed by atoms with E-state index in [1.807, 2.05) is 0 Å². The number of carbonyl (C=O) groups is 1. The zero-order valence-electron chi connectivity index (χ0n) is 13.4. The molecule has 26 heavy (non-hydrogen) atoms. The van der Waals surface area contributed by atoms with Crippen LogP contribution in [0.25, 0.3) is 0 Å². The molecule has 5 nitrogen and oxygen atoms in total. The molecule has 2 aromatic rings. The third-order valence-electron chi connectivity index (χ3n) is 3.04. The van der Waals surface area contributed by atoms with E-state index < -0.39 is 40.7 Å². The maximum atomic E-state index is 13.5. The van der Waals surface area contributed by atoms with E-state index in [-0.39, 0.29) is 11.5 Å². The number of rotatable bonds is 5. The Hall–Kier alpha value is -3.17. The molecule has 0 radical (unpaired) electrons. The summed E-state index contributed by atoms with van der Waals surface area (Å²) < 4.78 is 76.0. The summed E-state index contributed by atoms with van der Waals surface area (Å²) in [6.07, 6.45) is 1.04. The Morgan fingerprint density at radius 3 is 2.12 bits per heavy atom. The molecule has 10 heteroatoms. The summed E-state index contributed by atoms with van der Waals surface area (Å²) in [7, 11) is 1.32. The van der Waals surface area contributed by atoms with E-state index in [2.05, 4.69) is 5.10 Å². The Morgan fingerprint density at radius 2 is 1.58 bits per heavy atom. The van der Waals surface area contributed by atoms with E-state index >= 15 is 0 Å². The minimum absolute atomic E-state index is 0.130. The summed E-state index contributed by atoms with van der Waals surface area (Å²) in [6.45, 7) is 1.20. The van der Waals surface area contributed by atoms with Gasteiger partial charge in [0.1, 0.15) is 5.69 Å². The monoisotopic (exact) mass is 374 g/mol. The molecule has 0 aliphatic carbocycles. The van der Waals surface area contributed by atoms with E-state index in [9.17, 15) is 26.7 Å². The van der Waals surface area contributed by atoms with Gasteiger partial charge in [0.2, 0.25) is 5.82 Å². The van der Waals surface area contributed by atoms with E-state index in [1.54, 1.807) is 5.43 Å². The molecule has 0 aliphatic rings. The number of hydrogen-bond acceptors (Lipinski definition) is 5. The number of ether oxygens (including phenoxy) is 2. The second kappa shape index (κ2) is 7.81.